The minimum absolute atomic E-state index is 0.147. The lowest BCUT2D eigenvalue weighted by molar-refractivity contribution is 0.231. The van der Waals surface area contributed by atoms with Crippen LogP contribution in [0.5, 0.6) is 0 Å². The number of fused-ring (bicyclic) bond motifs is 1. The van der Waals surface area contributed by atoms with Gasteiger partial charge in [-0.05, 0) is 26.3 Å². The monoisotopic (exact) mass is 314 g/mol. The molecule has 1 fully saturated rings. The van der Waals surface area contributed by atoms with Crippen LogP contribution in [0.15, 0.2) is 21.6 Å². The van der Waals surface area contributed by atoms with Crippen LogP contribution < -0.4 is 5.56 Å². The van der Waals surface area contributed by atoms with Crippen LogP contribution in [0.2, 0.25) is 0 Å². The van der Waals surface area contributed by atoms with Crippen LogP contribution in [0, 0.1) is 6.92 Å². The zero-order chi connectivity index (χ0) is 16.0. The summed E-state index contributed by atoms with van der Waals surface area (Å²) in [5, 5.41) is 8.75. The molecule has 0 unspecified atom stereocenters. The molecule has 0 saturated carbocycles. The Morgan fingerprint density at radius 1 is 1.48 bits per heavy atom. The van der Waals surface area contributed by atoms with Crippen molar-refractivity contribution in [3.05, 3.63) is 39.9 Å². The lowest BCUT2D eigenvalue weighted by Gasteiger charge is -2.21. The summed E-state index contributed by atoms with van der Waals surface area (Å²) >= 11 is 0. The van der Waals surface area contributed by atoms with E-state index in [0.717, 1.165) is 30.8 Å². The normalized spacial score (nSPS) is 19.0. The van der Waals surface area contributed by atoms with E-state index in [2.05, 4.69) is 25.1 Å². The molecule has 0 amide bonds. The highest BCUT2D eigenvalue weighted by Crippen LogP contribution is 2.32. The predicted molar refractivity (Wildman–Crippen MR) is 82.8 cm³/mol. The van der Waals surface area contributed by atoms with Crippen molar-refractivity contribution >= 4 is 11.0 Å². The van der Waals surface area contributed by atoms with Crippen molar-refractivity contribution in [2.24, 2.45) is 7.05 Å². The first-order valence-corrected chi connectivity index (χ1v) is 7.70. The van der Waals surface area contributed by atoms with Gasteiger partial charge in [0.15, 0.2) is 5.65 Å². The molecule has 0 aliphatic carbocycles. The van der Waals surface area contributed by atoms with Gasteiger partial charge in [0.1, 0.15) is 22.7 Å². The highest BCUT2D eigenvalue weighted by Gasteiger charge is 2.29. The van der Waals surface area contributed by atoms with E-state index in [9.17, 15) is 4.79 Å². The first kappa shape index (κ1) is 14.1. The smallest absolute Gasteiger partial charge is 0.262 e. The van der Waals surface area contributed by atoms with E-state index in [4.69, 9.17) is 4.52 Å². The average Bonchev–Trinajstić information content (AvgIpc) is 3.21. The molecule has 23 heavy (non-hydrogen) atoms. The number of likely N-dealkylation sites (tertiary alicyclic amines) is 1. The summed E-state index contributed by atoms with van der Waals surface area (Å²) < 4.78 is 6.82. The number of nitrogens with one attached hydrogen (secondary N) is 1. The molecule has 8 heteroatoms. The van der Waals surface area contributed by atoms with Crippen molar-refractivity contribution in [2.75, 3.05) is 6.54 Å². The van der Waals surface area contributed by atoms with Crippen molar-refractivity contribution in [3.63, 3.8) is 0 Å². The van der Waals surface area contributed by atoms with Gasteiger partial charge in [0.2, 0.25) is 0 Å². The van der Waals surface area contributed by atoms with E-state index in [-0.39, 0.29) is 11.6 Å². The molecular formula is C15H18N6O2. The van der Waals surface area contributed by atoms with E-state index >= 15 is 0 Å². The number of aryl methyl sites for hydroxylation is 2. The number of hydrogen-bond donors (Lipinski definition) is 1. The largest absolute Gasteiger partial charge is 0.361 e. The molecule has 0 aromatic carbocycles. The Bertz CT molecular complexity index is 908. The van der Waals surface area contributed by atoms with Crippen molar-refractivity contribution in [3.8, 4) is 0 Å². The molecule has 0 radical (unpaired) electrons. The first-order chi connectivity index (χ1) is 11.1. The Morgan fingerprint density at radius 3 is 3.13 bits per heavy atom. The Labute approximate surface area is 132 Å². The summed E-state index contributed by atoms with van der Waals surface area (Å²) in [6.45, 7) is 3.42. The summed E-state index contributed by atoms with van der Waals surface area (Å²) in [7, 11) is 1.79. The van der Waals surface area contributed by atoms with E-state index in [1.54, 1.807) is 17.9 Å². The van der Waals surface area contributed by atoms with Gasteiger partial charge in [-0.3, -0.25) is 14.4 Å². The lowest BCUT2D eigenvalue weighted by atomic mass is 10.1. The molecule has 0 spiro atoms. The summed E-state index contributed by atoms with van der Waals surface area (Å²) in [5.74, 6) is 1.47. The summed E-state index contributed by atoms with van der Waals surface area (Å²) in [5.41, 5.74) is 1.41. The minimum atomic E-state index is -0.147. The molecular weight excluding hydrogens is 296 g/mol. The van der Waals surface area contributed by atoms with Gasteiger partial charge in [0.25, 0.3) is 5.56 Å². The predicted octanol–water partition coefficient (Wildman–Crippen LogP) is 1.29. The van der Waals surface area contributed by atoms with E-state index in [0.29, 0.717) is 23.4 Å². The fourth-order valence-electron chi connectivity index (χ4n) is 3.24. The molecule has 3 aromatic rings. The molecule has 8 nitrogen and oxygen atoms in total. The van der Waals surface area contributed by atoms with Gasteiger partial charge in [-0.25, -0.2) is 4.98 Å². The van der Waals surface area contributed by atoms with Gasteiger partial charge in [-0.15, -0.1) is 0 Å². The van der Waals surface area contributed by atoms with Crippen LogP contribution in [0.4, 0.5) is 0 Å². The molecule has 120 valence electrons. The van der Waals surface area contributed by atoms with Crippen LogP contribution in [0.25, 0.3) is 11.0 Å². The fourth-order valence-corrected chi connectivity index (χ4v) is 3.24. The zero-order valence-corrected chi connectivity index (χ0v) is 13.1. The Balaban J connectivity index is 1.64. The van der Waals surface area contributed by atoms with Crippen molar-refractivity contribution in [1.29, 1.82) is 0 Å². The van der Waals surface area contributed by atoms with Crippen molar-refractivity contribution in [2.45, 2.75) is 32.4 Å². The average molecular weight is 314 g/mol. The third-order valence-electron chi connectivity index (χ3n) is 4.35. The van der Waals surface area contributed by atoms with Crippen molar-refractivity contribution < 1.29 is 4.52 Å². The highest BCUT2D eigenvalue weighted by molar-refractivity contribution is 5.72. The number of nitrogens with zero attached hydrogens (tertiary/aromatic N) is 5. The van der Waals surface area contributed by atoms with Gasteiger partial charge in [-0.1, -0.05) is 5.16 Å². The van der Waals surface area contributed by atoms with Crippen LogP contribution in [0.3, 0.4) is 0 Å². The molecule has 1 saturated heterocycles. The van der Waals surface area contributed by atoms with Gasteiger partial charge < -0.3 is 9.51 Å². The maximum absolute atomic E-state index is 12.1. The number of aromatic amines is 1. The summed E-state index contributed by atoms with van der Waals surface area (Å²) in [6.07, 6.45) is 3.67. The topological polar surface area (TPSA) is 92.8 Å². The van der Waals surface area contributed by atoms with E-state index in [1.165, 1.54) is 0 Å². The molecule has 1 N–H and O–H groups in total. The number of rotatable bonds is 3. The highest BCUT2D eigenvalue weighted by atomic mass is 16.5. The molecule has 4 heterocycles. The van der Waals surface area contributed by atoms with E-state index < -0.39 is 0 Å². The fraction of sp³-hybridized carbons (Fsp3) is 0.467. The molecule has 4 rings (SSSR count). The molecule has 1 atom stereocenters. The summed E-state index contributed by atoms with van der Waals surface area (Å²) in [6, 6.07) is 2.18. The van der Waals surface area contributed by atoms with Crippen LogP contribution in [-0.4, -0.2) is 36.3 Å². The second-order valence-corrected chi connectivity index (χ2v) is 6.01. The molecule has 1 aliphatic rings. The maximum atomic E-state index is 12.1. The SMILES string of the molecule is Cc1cc([C@H]2CCCN2Cc2nc3c(cnn3C)c(=O)[nH]2)no1. The maximum Gasteiger partial charge on any atom is 0.262 e. The second-order valence-electron chi connectivity index (χ2n) is 6.01. The lowest BCUT2D eigenvalue weighted by Crippen LogP contribution is -2.26. The number of H-pyrrole nitrogens is 1. The Hall–Kier alpha value is -2.48. The Morgan fingerprint density at radius 2 is 2.35 bits per heavy atom. The summed E-state index contributed by atoms with van der Waals surface area (Å²) in [4.78, 5) is 21.8. The molecule has 0 bridgehead atoms. The third-order valence-corrected chi connectivity index (χ3v) is 4.35. The van der Waals surface area contributed by atoms with Crippen LogP contribution in [0.1, 0.15) is 36.2 Å². The second kappa shape index (κ2) is 5.31. The van der Waals surface area contributed by atoms with Gasteiger partial charge >= 0.3 is 0 Å². The minimum Gasteiger partial charge on any atom is -0.361 e. The Kier molecular flexibility index (Phi) is 3.26. The van der Waals surface area contributed by atoms with Gasteiger partial charge in [0.05, 0.1) is 18.8 Å². The molecule has 1 aliphatic heterocycles. The van der Waals surface area contributed by atoms with Gasteiger partial charge in [-0.2, -0.15) is 5.10 Å². The number of aromatic nitrogens is 5. The quantitative estimate of drug-likeness (QED) is 0.783. The van der Waals surface area contributed by atoms with Crippen molar-refractivity contribution in [1.82, 2.24) is 29.8 Å². The zero-order valence-electron chi connectivity index (χ0n) is 13.1. The van der Waals surface area contributed by atoms with Crippen LogP contribution in [-0.2, 0) is 13.6 Å². The first-order valence-electron chi connectivity index (χ1n) is 7.70. The standard InChI is InChI=1S/C15H18N6O2/c1-9-6-11(19-23-9)12-4-3-5-21(12)8-13-17-14-10(15(22)18-13)7-16-20(14)2/h6-7,12H,3-5,8H2,1-2H3,(H,17,18,22)/t12-/m1/s1. The van der Waals surface area contributed by atoms with Gasteiger partial charge in [0, 0.05) is 13.1 Å². The van der Waals surface area contributed by atoms with Crippen LogP contribution >= 0.6 is 0 Å². The number of hydrogen-bond acceptors (Lipinski definition) is 6. The molecule has 3 aromatic heterocycles. The van der Waals surface area contributed by atoms with E-state index in [1.807, 2.05) is 13.0 Å². The third kappa shape index (κ3) is 2.44.